The van der Waals surface area contributed by atoms with Gasteiger partial charge in [0.25, 0.3) is 15.9 Å². The molecule has 9 heteroatoms. The number of rotatable bonds is 7. The van der Waals surface area contributed by atoms with E-state index in [0.717, 1.165) is 5.56 Å². The Hall–Kier alpha value is -3.98. The number of carbonyl (C=O) groups is 1. The molecule has 1 aromatic heterocycles. The number of hydrogen-bond donors (Lipinski definition) is 2. The first-order valence-corrected chi connectivity index (χ1v) is 11.9. The van der Waals surface area contributed by atoms with Gasteiger partial charge in [0.2, 0.25) is 0 Å². The largest absolute Gasteiger partial charge is 0.338 e. The summed E-state index contributed by atoms with van der Waals surface area (Å²) in [6.45, 7) is 1.86. The number of amides is 1. The number of halogens is 1. The summed E-state index contributed by atoms with van der Waals surface area (Å²) < 4.78 is 44.0. The molecule has 0 bridgehead atoms. The third-order valence-electron chi connectivity index (χ3n) is 5.25. The second-order valence-corrected chi connectivity index (χ2v) is 9.54. The molecule has 0 spiro atoms. The molecule has 7 nitrogen and oxygen atoms in total. The minimum atomic E-state index is -3.92. The molecular weight excluding hydrogens is 455 g/mol. The molecule has 0 saturated heterocycles. The van der Waals surface area contributed by atoms with Crippen molar-refractivity contribution in [3.63, 3.8) is 0 Å². The fourth-order valence-electron chi connectivity index (χ4n) is 3.58. The van der Waals surface area contributed by atoms with Crippen molar-refractivity contribution in [2.45, 2.75) is 17.9 Å². The number of anilines is 1. The zero-order valence-corrected chi connectivity index (χ0v) is 19.4. The number of aryl methyl sites for hydroxylation is 2. The Bertz CT molecular complexity index is 1450. The average molecular weight is 479 g/mol. The number of aromatic nitrogens is 2. The molecule has 1 amide bonds. The topological polar surface area (TPSA) is 93.1 Å². The third-order valence-corrected chi connectivity index (χ3v) is 6.63. The Morgan fingerprint density at radius 2 is 1.79 bits per heavy atom. The van der Waals surface area contributed by atoms with Crippen molar-refractivity contribution >= 4 is 21.6 Å². The molecule has 4 rings (SSSR count). The van der Waals surface area contributed by atoms with Crippen LogP contribution in [0.25, 0.3) is 0 Å². The number of imidazole rings is 1. The highest BCUT2D eigenvalue weighted by Gasteiger charge is 2.23. The van der Waals surface area contributed by atoms with Gasteiger partial charge in [-0.2, -0.15) is 0 Å². The van der Waals surface area contributed by atoms with Crippen molar-refractivity contribution in [2.75, 3.05) is 4.72 Å². The fourth-order valence-corrected chi connectivity index (χ4v) is 4.67. The first-order chi connectivity index (χ1) is 16.2. The monoisotopic (exact) mass is 478 g/mol. The maximum absolute atomic E-state index is 13.9. The van der Waals surface area contributed by atoms with Crippen LogP contribution in [0.3, 0.4) is 0 Å². The number of carbonyl (C=O) groups excluding carboxylic acids is 1. The number of nitrogens with one attached hydrogen (secondary N) is 2. The summed E-state index contributed by atoms with van der Waals surface area (Å²) in [6, 6.07) is 17.8. The SMILES string of the molecule is Cc1cccc(NS(=O)(=O)c2cccc(C(=O)NC(c3cccc(F)c3)c3nccn3C)c2)c1. The van der Waals surface area contributed by atoms with E-state index in [4.69, 9.17) is 0 Å². The zero-order valence-electron chi connectivity index (χ0n) is 18.6. The number of nitrogens with zero attached hydrogens (tertiary/aromatic N) is 2. The molecule has 1 unspecified atom stereocenters. The van der Waals surface area contributed by atoms with Gasteiger partial charge in [-0.1, -0.05) is 30.3 Å². The Kier molecular flexibility index (Phi) is 6.47. The van der Waals surface area contributed by atoms with Crippen LogP contribution in [0.2, 0.25) is 0 Å². The molecule has 1 heterocycles. The summed E-state index contributed by atoms with van der Waals surface area (Å²) >= 11 is 0. The van der Waals surface area contributed by atoms with E-state index in [2.05, 4.69) is 15.0 Å². The van der Waals surface area contributed by atoms with E-state index in [1.54, 1.807) is 54.3 Å². The minimum absolute atomic E-state index is 0.0547. The highest BCUT2D eigenvalue weighted by molar-refractivity contribution is 7.92. The summed E-state index contributed by atoms with van der Waals surface area (Å²) in [5.41, 5.74) is 1.98. The number of benzene rings is 3. The van der Waals surface area contributed by atoms with E-state index < -0.39 is 27.8 Å². The van der Waals surface area contributed by atoms with Gasteiger partial charge in [0.15, 0.2) is 0 Å². The van der Waals surface area contributed by atoms with Crippen LogP contribution in [0.1, 0.15) is 33.4 Å². The first kappa shape index (κ1) is 23.2. The highest BCUT2D eigenvalue weighted by Crippen LogP contribution is 2.23. The van der Waals surface area contributed by atoms with Gasteiger partial charge in [-0.05, 0) is 60.5 Å². The molecule has 0 fully saturated rings. The van der Waals surface area contributed by atoms with Crippen LogP contribution in [-0.2, 0) is 17.1 Å². The van der Waals surface area contributed by atoms with Gasteiger partial charge in [0, 0.05) is 30.7 Å². The van der Waals surface area contributed by atoms with E-state index in [1.807, 2.05) is 13.0 Å². The zero-order chi connectivity index (χ0) is 24.3. The van der Waals surface area contributed by atoms with Crippen molar-refractivity contribution in [2.24, 2.45) is 7.05 Å². The molecule has 1 atom stereocenters. The molecule has 0 radical (unpaired) electrons. The van der Waals surface area contributed by atoms with Crippen molar-refractivity contribution in [1.29, 1.82) is 0 Å². The predicted molar refractivity (Wildman–Crippen MR) is 127 cm³/mol. The van der Waals surface area contributed by atoms with Gasteiger partial charge >= 0.3 is 0 Å². The predicted octanol–water partition coefficient (Wildman–Crippen LogP) is 4.19. The minimum Gasteiger partial charge on any atom is -0.338 e. The van der Waals surface area contributed by atoms with Crippen molar-refractivity contribution in [3.8, 4) is 0 Å². The maximum Gasteiger partial charge on any atom is 0.261 e. The number of hydrogen-bond acceptors (Lipinski definition) is 4. The van der Waals surface area contributed by atoms with E-state index in [0.29, 0.717) is 17.1 Å². The molecule has 0 aliphatic rings. The van der Waals surface area contributed by atoms with Crippen molar-refractivity contribution in [1.82, 2.24) is 14.9 Å². The van der Waals surface area contributed by atoms with Crippen LogP contribution in [0.15, 0.2) is 90.1 Å². The summed E-state index contributed by atoms with van der Waals surface area (Å²) in [5.74, 6) is -0.463. The molecular formula is C25H23FN4O3S. The normalized spacial score (nSPS) is 12.2. The third kappa shape index (κ3) is 5.15. The molecule has 174 valence electrons. The van der Waals surface area contributed by atoms with Crippen molar-refractivity contribution in [3.05, 3.63) is 114 Å². The molecule has 4 aromatic rings. The highest BCUT2D eigenvalue weighted by atomic mass is 32.2. The smallest absolute Gasteiger partial charge is 0.261 e. The van der Waals surface area contributed by atoms with Gasteiger partial charge in [-0.3, -0.25) is 9.52 Å². The lowest BCUT2D eigenvalue weighted by Gasteiger charge is -2.19. The van der Waals surface area contributed by atoms with Crippen LogP contribution in [0.4, 0.5) is 10.1 Å². The molecule has 0 aliphatic heterocycles. The Morgan fingerprint density at radius 1 is 1.03 bits per heavy atom. The van der Waals surface area contributed by atoms with Crippen LogP contribution in [0, 0.1) is 12.7 Å². The fraction of sp³-hybridized carbons (Fsp3) is 0.120. The Balaban J connectivity index is 1.62. The summed E-state index contributed by atoms with van der Waals surface area (Å²) in [5, 5.41) is 2.85. The lowest BCUT2D eigenvalue weighted by Crippen LogP contribution is -2.31. The number of sulfonamides is 1. The summed E-state index contributed by atoms with van der Waals surface area (Å²) in [6.07, 6.45) is 3.30. The summed E-state index contributed by atoms with van der Waals surface area (Å²) in [4.78, 5) is 17.4. The Morgan fingerprint density at radius 3 is 2.50 bits per heavy atom. The van der Waals surface area contributed by atoms with Gasteiger partial charge in [0.05, 0.1) is 4.90 Å². The van der Waals surface area contributed by atoms with Gasteiger partial charge in [-0.25, -0.2) is 17.8 Å². The lowest BCUT2D eigenvalue weighted by molar-refractivity contribution is 0.0941. The van der Waals surface area contributed by atoms with E-state index in [9.17, 15) is 17.6 Å². The van der Waals surface area contributed by atoms with Crippen molar-refractivity contribution < 1.29 is 17.6 Å². The second kappa shape index (κ2) is 9.48. The molecule has 0 saturated carbocycles. The molecule has 34 heavy (non-hydrogen) atoms. The van der Waals surface area contributed by atoms with Crippen LogP contribution in [-0.4, -0.2) is 23.9 Å². The van der Waals surface area contributed by atoms with Gasteiger partial charge < -0.3 is 9.88 Å². The second-order valence-electron chi connectivity index (χ2n) is 7.86. The molecule has 3 aromatic carbocycles. The molecule has 2 N–H and O–H groups in total. The Labute approximate surface area is 197 Å². The average Bonchev–Trinajstić information content (AvgIpc) is 3.22. The van der Waals surface area contributed by atoms with Crippen LogP contribution < -0.4 is 10.0 Å². The van der Waals surface area contributed by atoms with Gasteiger partial charge in [0.1, 0.15) is 17.7 Å². The first-order valence-electron chi connectivity index (χ1n) is 10.5. The van der Waals surface area contributed by atoms with Gasteiger partial charge in [-0.15, -0.1) is 0 Å². The van der Waals surface area contributed by atoms with Crippen LogP contribution in [0.5, 0.6) is 0 Å². The summed E-state index contributed by atoms with van der Waals surface area (Å²) in [7, 11) is -2.15. The van der Waals surface area contributed by atoms with E-state index in [-0.39, 0.29) is 10.5 Å². The van der Waals surface area contributed by atoms with E-state index in [1.165, 1.54) is 36.4 Å². The van der Waals surface area contributed by atoms with E-state index >= 15 is 0 Å². The standard InChI is InChI=1S/C25H23FN4O3S/c1-17-6-3-10-21(14-17)29-34(32,33)22-11-5-8-19(16-22)25(31)28-23(24-27-12-13-30(24)2)18-7-4-9-20(26)15-18/h3-16,23,29H,1-2H3,(H,28,31). The maximum atomic E-state index is 13.9. The lowest BCUT2D eigenvalue weighted by atomic mass is 10.0. The quantitative estimate of drug-likeness (QED) is 0.417. The van der Waals surface area contributed by atoms with Crippen LogP contribution >= 0.6 is 0 Å². The molecule has 0 aliphatic carbocycles.